The predicted octanol–water partition coefficient (Wildman–Crippen LogP) is 1.18. The minimum atomic E-state index is -2.74. The fourth-order valence-electron chi connectivity index (χ4n) is 1.26. The molecule has 1 aromatic carbocycles. The van der Waals surface area contributed by atoms with Gasteiger partial charge >= 0.3 is 0 Å². The first-order valence-electron chi connectivity index (χ1n) is 4.11. The number of halogens is 1. The summed E-state index contributed by atoms with van der Waals surface area (Å²) in [5.41, 5.74) is -0.584. The molecular weight excluding hydrogens is 205 g/mol. The average molecular weight is 217 g/mol. The molecule has 0 bridgehead atoms. The van der Waals surface area contributed by atoms with Crippen LogP contribution in [-0.4, -0.2) is 8.42 Å². The molecule has 3 nitrogen and oxygen atoms in total. The van der Waals surface area contributed by atoms with Crippen LogP contribution in [0, 0.1) is 5.82 Å². The van der Waals surface area contributed by atoms with Crippen molar-refractivity contribution in [2.24, 2.45) is 0 Å². The summed E-state index contributed by atoms with van der Waals surface area (Å²) in [5.74, 6) is -0.415. The molecule has 0 heterocycles. The van der Waals surface area contributed by atoms with Crippen molar-refractivity contribution < 1.29 is 12.8 Å². The average Bonchev–Trinajstić information content (AvgIpc) is 2.02. The molecule has 0 aliphatic rings. The first-order chi connectivity index (χ1) is 6.43. The Morgan fingerprint density at radius 3 is 2.36 bits per heavy atom. The summed E-state index contributed by atoms with van der Waals surface area (Å²) < 4.78 is 36.6. The van der Waals surface area contributed by atoms with Crippen LogP contribution in [0.2, 0.25) is 0 Å². The first kappa shape index (κ1) is 11.1. The quantitative estimate of drug-likeness (QED) is 0.747. The first-order valence-corrected chi connectivity index (χ1v) is 5.28. The number of benzene rings is 1. The number of rotatable bonds is 3. The summed E-state index contributed by atoms with van der Waals surface area (Å²) >= 11 is 0. The predicted molar refractivity (Wildman–Crippen MR) is 52.9 cm³/mol. The van der Waals surface area contributed by atoms with E-state index in [2.05, 4.69) is 4.72 Å². The third-order valence-electron chi connectivity index (χ3n) is 1.92. The van der Waals surface area contributed by atoms with Crippen molar-refractivity contribution in [3.8, 4) is 0 Å². The highest BCUT2D eigenvalue weighted by atomic mass is 32.2. The third-order valence-corrected chi connectivity index (χ3v) is 2.66. The van der Waals surface area contributed by atoms with Gasteiger partial charge in [0.1, 0.15) is 5.82 Å². The molecule has 0 saturated carbocycles. The van der Waals surface area contributed by atoms with Gasteiger partial charge in [-0.1, -0.05) is 18.2 Å². The molecule has 0 aliphatic heterocycles. The molecule has 14 heavy (non-hydrogen) atoms. The Balaban J connectivity index is 3.09. The van der Waals surface area contributed by atoms with E-state index in [9.17, 15) is 12.8 Å². The summed E-state index contributed by atoms with van der Waals surface area (Å²) in [6, 6.07) is 6.09. The second kappa shape index (κ2) is 4.06. The minimum absolute atomic E-state index is 0.333. The van der Waals surface area contributed by atoms with Gasteiger partial charge < -0.3 is 0 Å². The normalized spacial score (nSPS) is 12.0. The lowest BCUT2D eigenvalue weighted by molar-refractivity contribution is 0.454. The van der Waals surface area contributed by atoms with Gasteiger partial charge in [0.15, 0.2) is 0 Å². The molecule has 0 fully saturated rings. The van der Waals surface area contributed by atoms with Crippen molar-refractivity contribution in [1.82, 2.24) is 4.72 Å². The van der Waals surface area contributed by atoms with Gasteiger partial charge in [-0.25, -0.2) is 17.5 Å². The Kier molecular flexibility index (Phi) is 3.23. The van der Waals surface area contributed by atoms with Crippen LogP contribution in [0.4, 0.5) is 4.39 Å². The van der Waals surface area contributed by atoms with Crippen molar-refractivity contribution in [3.05, 3.63) is 35.6 Å². The zero-order valence-electron chi connectivity index (χ0n) is 7.95. The van der Waals surface area contributed by atoms with Gasteiger partial charge in [0, 0.05) is 5.56 Å². The molecule has 0 radical (unpaired) electrons. The van der Waals surface area contributed by atoms with Crippen LogP contribution in [0.15, 0.2) is 24.3 Å². The van der Waals surface area contributed by atoms with Crippen LogP contribution in [0.3, 0.4) is 0 Å². The van der Waals surface area contributed by atoms with Crippen LogP contribution in [0.25, 0.3) is 0 Å². The Morgan fingerprint density at radius 1 is 1.29 bits per heavy atom. The van der Waals surface area contributed by atoms with Gasteiger partial charge in [0.2, 0.25) is 10.9 Å². The maximum Gasteiger partial charge on any atom is 0.202 e. The van der Waals surface area contributed by atoms with Gasteiger partial charge in [0.25, 0.3) is 0 Å². The van der Waals surface area contributed by atoms with E-state index in [-0.39, 0.29) is 0 Å². The molecule has 0 atom stereocenters. The molecule has 0 spiro atoms. The van der Waals surface area contributed by atoms with E-state index in [0.29, 0.717) is 5.56 Å². The fraction of sp³-hybridized carbons (Fsp3) is 0.333. The zero-order chi connectivity index (χ0) is 10.8. The number of nitrogens with one attached hydrogen (secondary N) is 1. The maximum atomic E-state index is 13.3. The molecular formula is C9H12FNO2S. The summed E-state index contributed by atoms with van der Waals surface area (Å²) in [6.45, 7) is 3.22. The second-order valence-electron chi connectivity index (χ2n) is 3.47. The Labute approximate surface area is 84.0 Å². The highest BCUT2D eigenvalue weighted by molar-refractivity contribution is 7.70. The Morgan fingerprint density at radius 2 is 1.86 bits per heavy atom. The molecule has 1 N–H and O–H groups in total. The van der Waals surface area contributed by atoms with E-state index in [1.54, 1.807) is 32.0 Å². The van der Waals surface area contributed by atoms with Crippen molar-refractivity contribution >= 4 is 10.9 Å². The summed E-state index contributed by atoms with van der Waals surface area (Å²) in [5, 5.41) is 0. The van der Waals surface area contributed by atoms with E-state index < -0.39 is 22.2 Å². The van der Waals surface area contributed by atoms with Crippen LogP contribution < -0.4 is 4.72 Å². The minimum Gasteiger partial charge on any atom is -0.215 e. The molecule has 0 aliphatic carbocycles. The topological polar surface area (TPSA) is 46.2 Å². The molecule has 0 amide bonds. The molecule has 0 unspecified atom stereocenters. The lowest BCUT2D eigenvalue weighted by Gasteiger charge is -2.23. The smallest absolute Gasteiger partial charge is 0.202 e. The third kappa shape index (κ3) is 2.52. The van der Waals surface area contributed by atoms with Gasteiger partial charge in [-0.05, 0) is 19.9 Å². The maximum absolute atomic E-state index is 13.3. The molecule has 78 valence electrons. The van der Waals surface area contributed by atoms with Crippen LogP contribution in [0.1, 0.15) is 19.4 Å². The highest BCUT2D eigenvalue weighted by Crippen LogP contribution is 2.22. The number of hydrogen-bond donors (Lipinski definition) is 2. The van der Waals surface area contributed by atoms with E-state index in [0.717, 1.165) is 0 Å². The number of hydrogen-bond acceptors (Lipinski definition) is 2. The van der Waals surface area contributed by atoms with Crippen molar-refractivity contribution in [1.29, 1.82) is 0 Å². The lowest BCUT2D eigenvalue weighted by atomic mass is 9.95. The van der Waals surface area contributed by atoms with Gasteiger partial charge in [-0.3, -0.25) is 0 Å². The summed E-state index contributed by atoms with van der Waals surface area (Å²) in [7, 11) is -2.74. The Hall–Kier alpha value is -0.940. The molecule has 0 saturated heterocycles. The van der Waals surface area contributed by atoms with E-state index >= 15 is 0 Å². The SMILES string of the molecule is CC(C)(N[SH](=O)=O)c1ccccc1F. The van der Waals surface area contributed by atoms with E-state index in [1.165, 1.54) is 6.07 Å². The van der Waals surface area contributed by atoms with Gasteiger partial charge in [-0.2, -0.15) is 0 Å². The van der Waals surface area contributed by atoms with Gasteiger partial charge in [-0.15, -0.1) is 0 Å². The van der Waals surface area contributed by atoms with Crippen molar-refractivity contribution in [3.63, 3.8) is 0 Å². The lowest BCUT2D eigenvalue weighted by Crippen LogP contribution is -2.36. The second-order valence-corrected chi connectivity index (χ2v) is 4.21. The van der Waals surface area contributed by atoms with Crippen molar-refractivity contribution in [2.75, 3.05) is 0 Å². The van der Waals surface area contributed by atoms with Crippen LogP contribution in [0.5, 0.6) is 0 Å². The summed E-state index contributed by atoms with van der Waals surface area (Å²) in [4.78, 5) is 0. The van der Waals surface area contributed by atoms with Gasteiger partial charge in [0.05, 0.1) is 5.54 Å². The number of thiol groups is 1. The molecule has 1 aromatic rings. The molecule has 5 heteroatoms. The summed E-state index contributed by atoms with van der Waals surface area (Å²) in [6.07, 6.45) is 0. The molecule has 0 aromatic heterocycles. The van der Waals surface area contributed by atoms with E-state index in [4.69, 9.17) is 0 Å². The van der Waals surface area contributed by atoms with Crippen LogP contribution in [-0.2, 0) is 16.4 Å². The van der Waals surface area contributed by atoms with Crippen molar-refractivity contribution in [2.45, 2.75) is 19.4 Å². The monoisotopic (exact) mass is 217 g/mol. The Bertz CT molecular complexity index is 394. The highest BCUT2D eigenvalue weighted by Gasteiger charge is 2.23. The van der Waals surface area contributed by atoms with Crippen LogP contribution >= 0.6 is 0 Å². The van der Waals surface area contributed by atoms with E-state index in [1.807, 2.05) is 0 Å². The zero-order valence-corrected chi connectivity index (χ0v) is 8.85. The fourth-order valence-corrected chi connectivity index (χ4v) is 1.83. The standard InChI is InChI=1S/C9H12FNO2S/c1-9(2,11-14(12)13)7-5-3-4-6-8(7)10/h3-6,14H,1-2H3,(H,11,12,13). The largest absolute Gasteiger partial charge is 0.215 e. The molecule has 1 rings (SSSR count).